The van der Waals surface area contributed by atoms with Gasteiger partial charge in [0.15, 0.2) is 0 Å². The van der Waals surface area contributed by atoms with Gasteiger partial charge in [0.05, 0.1) is 21.4 Å². The Balaban J connectivity index is 0.000000138. The van der Waals surface area contributed by atoms with Crippen LogP contribution in [0.15, 0.2) is 84.9 Å². The predicted molar refractivity (Wildman–Crippen MR) is 221 cm³/mol. The molecule has 4 heterocycles. The Labute approximate surface area is 341 Å². The maximum atomic E-state index is 11.4. The zero-order chi connectivity index (χ0) is 36.5. The maximum absolute atomic E-state index is 11.4. The van der Waals surface area contributed by atoms with E-state index in [1.807, 2.05) is 66.7 Å². The molecule has 4 aliphatic rings. The molecule has 0 saturated heterocycles. The van der Waals surface area contributed by atoms with Crippen molar-refractivity contribution < 1.29 is 4.79 Å². The number of Topliss-reactive ketones (excluding diaryl/α,β-unsaturated/α-hetero) is 1. The first-order chi connectivity index (χ1) is 25.8. The van der Waals surface area contributed by atoms with Crippen molar-refractivity contribution in [2.24, 2.45) is 0 Å². The molecule has 0 saturated carbocycles. The molecule has 3 N–H and O–H groups in total. The first-order valence-corrected chi connectivity index (χ1v) is 19.5. The number of aromatic amines is 2. The van der Waals surface area contributed by atoms with E-state index < -0.39 is 0 Å². The van der Waals surface area contributed by atoms with E-state index in [0.29, 0.717) is 23.9 Å². The molecule has 0 amide bonds. The number of imidazole rings is 2. The lowest BCUT2D eigenvalue weighted by Crippen LogP contribution is -2.35. The molecular weight excluding hydrogens is 782 g/mol. The van der Waals surface area contributed by atoms with E-state index in [-0.39, 0.29) is 18.2 Å². The summed E-state index contributed by atoms with van der Waals surface area (Å²) in [6.45, 7) is 3.83. The van der Waals surface area contributed by atoms with E-state index in [0.717, 1.165) is 101 Å². The van der Waals surface area contributed by atoms with Gasteiger partial charge in [-0.05, 0) is 77.9 Å². The second kappa shape index (κ2) is 17.0. The lowest BCUT2D eigenvalue weighted by atomic mass is 9.95. The number of halogens is 5. The van der Waals surface area contributed by atoms with Crippen molar-refractivity contribution in [2.75, 3.05) is 0 Å². The molecule has 12 heteroatoms. The third-order valence-electron chi connectivity index (χ3n) is 10.5. The highest BCUT2D eigenvalue weighted by atomic mass is 35.5. The molecule has 54 heavy (non-hydrogen) atoms. The minimum absolute atomic E-state index is 0. The van der Waals surface area contributed by atoms with Gasteiger partial charge in [-0.1, -0.05) is 94.9 Å². The van der Waals surface area contributed by atoms with Gasteiger partial charge >= 0.3 is 0 Å². The smallest absolute Gasteiger partial charge is 0.139 e. The standard InChI is InChI=1S/C21H19Cl2N3.C13H11ClN2O.C8H8ClN.ClH/c22-17-6-2-1-5-15(17)21-24-19-9-8-14(10-20(19)25-21)26-11-13-4-3-7-18(23)16(13)12-26;14-10-4-2-1-3-9(10)13-15-11-6-5-8(17)7-12(11)16-13;9-8-3-1-2-6-4-10-5-7(6)8;/h1-7,14H,8-12H2,(H,24,25);1-4H,5-7H2,(H,15,16);1-3,10H,4-5H2;1H. The van der Waals surface area contributed by atoms with Crippen LogP contribution < -0.4 is 5.32 Å². The van der Waals surface area contributed by atoms with E-state index in [2.05, 4.69) is 43.4 Å². The number of aryl methyl sites for hydroxylation is 2. The van der Waals surface area contributed by atoms with Crippen LogP contribution in [0.1, 0.15) is 57.9 Å². The van der Waals surface area contributed by atoms with Gasteiger partial charge in [-0.15, -0.1) is 12.4 Å². The second-order valence-electron chi connectivity index (χ2n) is 13.9. The number of rotatable bonds is 3. The van der Waals surface area contributed by atoms with Crippen LogP contribution in [0.25, 0.3) is 22.8 Å². The van der Waals surface area contributed by atoms with Crippen LogP contribution in [0.3, 0.4) is 0 Å². The number of ketones is 1. The third-order valence-corrected chi connectivity index (χ3v) is 11.8. The van der Waals surface area contributed by atoms with Gasteiger partial charge in [0.25, 0.3) is 0 Å². The number of H-pyrrole nitrogens is 2. The first-order valence-electron chi connectivity index (χ1n) is 17.9. The molecule has 0 fully saturated rings. The van der Waals surface area contributed by atoms with Crippen LogP contribution in [0.4, 0.5) is 0 Å². The molecule has 6 aromatic rings. The summed E-state index contributed by atoms with van der Waals surface area (Å²) in [5.41, 5.74) is 11.5. The van der Waals surface area contributed by atoms with Crippen LogP contribution in [-0.2, 0) is 56.7 Å². The number of hydrogen-bond donors (Lipinski definition) is 3. The molecule has 10 rings (SSSR count). The molecule has 0 bridgehead atoms. The number of benzene rings is 4. The average molecular weight is 821 g/mol. The van der Waals surface area contributed by atoms with E-state index in [1.54, 1.807) is 0 Å². The Hall–Kier alpha value is -3.66. The highest BCUT2D eigenvalue weighted by Gasteiger charge is 2.31. The van der Waals surface area contributed by atoms with Gasteiger partial charge in [-0.25, -0.2) is 9.97 Å². The number of hydrogen-bond acceptors (Lipinski definition) is 5. The van der Waals surface area contributed by atoms with Crippen molar-refractivity contribution in [3.05, 3.63) is 150 Å². The molecule has 7 nitrogen and oxygen atoms in total. The summed E-state index contributed by atoms with van der Waals surface area (Å²) in [5, 5.41) is 6.44. The molecule has 4 aromatic carbocycles. The zero-order valence-corrected chi connectivity index (χ0v) is 33.2. The summed E-state index contributed by atoms with van der Waals surface area (Å²) in [4.78, 5) is 30.0. The molecule has 2 aromatic heterocycles. The van der Waals surface area contributed by atoms with Crippen molar-refractivity contribution in [3.8, 4) is 22.8 Å². The van der Waals surface area contributed by atoms with Gasteiger partial charge in [0.1, 0.15) is 17.4 Å². The Kier molecular flexibility index (Phi) is 12.2. The summed E-state index contributed by atoms with van der Waals surface area (Å²) < 4.78 is 0. The number of nitrogens with zero attached hydrogens (tertiary/aromatic N) is 3. The Morgan fingerprint density at radius 3 is 1.85 bits per heavy atom. The van der Waals surface area contributed by atoms with Crippen molar-refractivity contribution in [3.63, 3.8) is 0 Å². The van der Waals surface area contributed by atoms with Gasteiger partial charge in [0, 0.05) is 84.0 Å². The van der Waals surface area contributed by atoms with Crippen molar-refractivity contribution in [1.29, 1.82) is 0 Å². The van der Waals surface area contributed by atoms with E-state index in [9.17, 15) is 4.79 Å². The minimum Gasteiger partial charge on any atom is -0.342 e. The fourth-order valence-corrected chi connectivity index (χ4v) is 8.60. The highest BCUT2D eigenvalue weighted by molar-refractivity contribution is 6.33. The Morgan fingerprint density at radius 1 is 0.611 bits per heavy atom. The molecule has 2 aliphatic carbocycles. The third kappa shape index (κ3) is 8.29. The van der Waals surface area contributed by atoms with Crippen LogP contribution in [0.5, 0.6) is 0 Å². The topological polar surface area (TPSA) is 89.7 Å². The van der Waals surface area contributed by atoms with Crippen molar-refractivity contribution >= 4 is 64.6 Å². The number of carbonyl (C=O) groups is 1. The fourth-order valence-electron chi connectivity index (χ4n) is 7.63. The highest BCUT2D eigenvalue weighted by Crippen LogP contribution is 2.35. The number of fused-ring (bicyclic) bond motifs is 4. The van der Waals surface area contributed by atoms with Crippen LogP contribution in [0.2, 0.25) is 20.1 Å². The van der Waals surface area contributed by atoms with Crippen molar-refractivity contribution in [1.82, 2.24) is 30.2 Å². The summed E-state index contributed by atoms with van der Waals surface area (Å²) in [6, 6.07) is 28.2. The number of aromatic nitrogens is 4. The molecular formula is C42H39Cl5N6O. The Bertz CT molecular complexity index is 2300. The minimum atomic E-state index is 0. The van der Waals surface area contributed by atoms with E-state index in [1.165, 1.54) is 33.6 Å². The monoisotopic (exact) mass is 818 g/mol. The van der Waals surface area contributed by atoms with E-state index in [4.69, 9.17) is 51.4 Å². The SMILES string of the molecule is Cl.Clc1cccc2c1CNC2.Clc1ccccc1-c1nc2c([nH]1)CC(N1Cc3cccc(Cl)c3C1)CC2.O=C1CCc2nc(-c3ccccc3Cl)[nH]c2C1. The van der Waals surface area contributed by atoms with E-state index >= 15 is 0 Å². The van der Waals surface area contributed by atoms with Gasteiger partial charge in [-0.3, -0.25) is 9.69 Å². The van der Waals surface area contributed by atoms with Crippen molar-refractivity contribution in [2.45, 2.75) is 70.7 Å². The average Bonchev–Trinajstić information content (AvgIpc) is 3.98. The summed E-state index contributed by atoms with van der Waals surface area (Å²) >= 11 is 24.8. The molecule has 0 radical (unpaired) electrons. The number of carbonyl (C=O) groups excluding carboxylic acids is 1. The second-order valence-corrected chi connectivity index (χ2v) is 15.5. The van der Waals surface area contributed by atoms with Gasteiger partial charge in [0.2, 0.25) is 0 Å². The zero-order valence-electron chi connectivity index (χ0n) is 29.4. The Morgan fingerprint density at radius 2 is 1.20 bits per heavy atom. The number of nitrogens with one attached hydrogen (secondary N) is 3. The van der Waals surface area contributed by atoms with Crippen LogP contribution >= 0.6 is 58.8 Å². The quantitative estimate of drug-likeness (QED) is 0.165. The lowest BCUT2D eigenvalue weighted by molar-refractivity contribution is -0.118. The molecule has 278 valence electrons. The normalized spacial score (nSPS) is 16.8. The maximum Gasteiger partial charge on any atom is 0.139 e. The summed E-state index contributed by atoms with van der Waals surface area (Å²) in [7, 11) is 0. The molecule has 1 unspecified atom stereocenters. The molecule has 0 spiro atoms. The van der Waals surface area contributed by atoms with Crippen LogP contribution in [0, 0.1) is 0 Å². The van der Waals surface area contributed by atoms with Gasteiger partial charge in [-0.2, -0.15) is 0 Å². The predicted octanol–water partition coefficient (Wildman–Crippen LogP) is 10.4. The molecule has 1 atom stereocenters. The van der Waals surface area contributed by atoms with Gasteiger partial charge < -0.3 is 15.3 Å². The molecule has 2 aliphatic heterocycles. The fraction of sp³-hybridized carbons (Fsp3) is 0.262. The largest absolute Gasteiger partial charge is 0.342 e. The summed E-state index contributed by atoms with van der Waals surface area (Å²) in [6.07, 6.45) is 4.92. The summed E-state index contributed by atoms with van der Waals surface area (Å²) in [5.74, 6) is 1.91. The first kappa shape index (κ1) is 38.6. The van der Waals surface area contributed by atoms with Crippen LogP contribution in [-0.4, -0.2) is 36.7 Å². The lowest BCUT2D eigenvalue weighted by Gasteiger charge is -2.30.